The number of hydrogen-bond donors (Lipinski definition) is 0. The van der Waals surface area contributed by atoms with Crippen molar-refractivity contribution in [2.75, 3.05) is 51.7 Å². The molecule has 10 rings (SSSR count). The van der Waals surface area contributed by atoms with Crippen LogP contribution in [0.5, 0.6) is 11.8 Å². The van der Waals surface area contributed by atoms with Crippen LogP contribution in [0.3, 0.4) is 0 Å². The third-order valence-corrected chi connectivity index (χ3v) is 29.6. The first-order chi connectivity index (χ1) is 39.0. The van der Waals surface area contributed by atoms with Crippen LogP contribution in [-0.4, -0.2) is 123 Å². The zero-order valence-corrected chi connectivity index (χ0v) is 52.5. The second-order valence-corrected chi connectivity index (χ2v) is 36.2. The van der Waals surface area contributed by atoms with Crippen LogP contribution < -0.4 is 24.7 Å². The summed E-state index contributed by atoms with van der Waals surface area (Å²) in [7, 11) is -3.63. The topological polar surface area (TPSA) is 112 Å². The van der Waals surface area contributed by atoms with E-state index < -0.39 is 33.6 Å². The van der Waals surface area contributed by atoms with E-state index in [9.17, 15) is 4.79 Å². The second kappa shape index (κ2) is 23.2. The molecule has 0 spiro atoms. The van der Waals surface area contributed by atoms with E-state index in [0.29, 0.717) is 76.2 Å². The summed E-state index contributed by atoms with van der Waals surface area (Å²) >= 11 is 0. The molecule has 4 atom stereocenters. The number of ether oxygens (including phenoxy) is 4. The Balaban J connectivity index is 1.05. The fraction of sp³-hybridized carbons (Fsp3) is 0.515. The summed E-state index contributed by atoms with van der Waals surface area (Å²) in [4.78, 5) is 35.4. The van der Waals surface area contributed by atoms with Gasteiger partial charge in [-0.2, -0.15) is 9.97 Å². The van der Waals surface area contributed by atoms with E-state index in [1.807, 2.05) is 25.7 Å². The molecule has 0 saturated carbocycles. The molecule has 4 aliphatic heterocycles. The Morgan fingerprint density at radius 1 is 0.817 bits per heavy atom. The first-order valence-corrected chi connectivity index (χ1v) is 33.8. The number of methoxy groups -OCH3 is 1. The van der Waals surface area contributed by atoms with Crippen molar-refractivity contribution in [3.05, 3.63) is 108 Å². The lowest BCUT2D eigenvalue weighted by molar-refractivity contribution is 0.0122. The van der Waals surface area contributed by atoms with Crippen LogP contribution in [0, 0.1) is 23.1 Å². The summed E-state index contributed by atoms with van der Waals surface area (Å²) in [5, 5.41) is 3.77. The molecule has 4 aromatic carbocycles. The smallest absolute Gasteiger partial charge is 0.410 e. The lowest BCUT2D eigenvalue weighted by atomic mass is 9.95. The molecule has 16 heteroatoms. The van der Waals surface area contributed by atoms with Crippen molar-refractivity contribution in [3.8, 4) is 34.5 Å². The number of benzene rings is 4. The molecule has 2 aromatic heterocycles. The molecular weight excluding hydrogens is 1070 g/mol. The molecule has 6 heterocycles. The number of anilines is 1. The number of carbonyl (C=O) groups is 1. The second-order valence-electron chi connectivity index (χ2n) is 26.4. The average Bonchev–Trinajstić information content (AvgIpc) is 4.20. The Bertz CT molecular complexity index is 3290. The van der Waals surface area contributed by atoms with Gasteiger partial charge in [-0.15, -0.1) is 5.54 Å². The van der Waals surface area contributed by atoms with Crippen molar-refractivity contribution < 1.29 is 36.9 Å². The lowest BCUT2D eigenvalue weighted by Crippen LogP contribution is -2.67. The summed E-state index contributed by atoms with van der Waals surface area (Å²) in [6, 6.07) is 28.0. The predicted octanol–water partition coefficient (Wildman–Crippen LogP) is 13.2. The molecule has 2 bridgehead atoms. The van der Waals surface area contributed by atoms with Crippen molar-refractivity contribution in [1.82, 2.24) is 24.8 Å². The van der Waals surface area contributed by atoms with Gasteiger partial charge in [-0.25, -0.2) is 13.6 Å². The fourth-order valence-corrected chi connectivity index (χ4v) is 24.5. The van der Waals surface area contributed by atoms with Gasteiger partial charge in [0.25, 0.3) is 8.32 Å². The minimum Gasteiger partial charge on any atom is -0.468 e. The average molecular weight is 1150 g/mol. The van der Waals surface area contributed by atoms with E-state index in [-0.39, 0.29) is 64.4 Å². The van der Waals surface area contributed by atoms with Crippen LogP contribution in [0.4, 0.5) is 19.4 Å². The van der Waals surface area contributed by atoms with E-state index in [1.54, 1.807) is 24.4 Å². The standard InChI is InChI=1S/C66H84F2N6O6Si2/c1-43(2)81(44(3)4,45(5)6)34-30-53-56(67)28-25-46-35-50(78-42-76-13)36-54(57(46)53)59-58(68)60-55(37-69-59)61(72-38-47-26-27-48(39-72)74(47)63(75)80-64(7,8)9)71-62(70-60)77-41-66-31-20-33-73(66)49(29-32-66)40-79-82(65(10,11)12,51-21-16-14-17-22-51)52-23-18-15-19-24-52/h14-19,21-25,28,35-37,43-45,47-49H,20,26-27,29,31-33,38-42H2,1-13H3/t47?,48?,49-,66+/m0/s1. The van der Waals surface area contributed by atoms with E-state index in [0.717, 1.165) is 45.1 Å². The van der Waals surface area contributed by atoms with Gasteiger partial charge in [0.05, 0.1) is 35.2 Å². The van der Waals surface area contributed by atoms with Crippen molar-refractivity contribution in [2.45, 2.75) is 173 Å². The normalized spacial score (nSPS) is 20.5. The van der Waals surface area contributed by atoms with Gasteiger partial charge in [0, 0.05) is 43.4 Å². The number of piperazine rings is 1. The van der Waals surface area contributed by atoms with Gasteiger partial charge in [-0.1, -0.05) is 135 Å². The maximum atomic E-state index is 18.4. The summed E-state index contributed by atoms with van der Waals surface area (Å²) in [6.07, 6.45) is 6.61. The number of aromatic nitrogens is 3. The van der Waals surface area contributed by atoms with Crippen molar-refractivity contribution in [2.24, 2.45) is 0 Å². The number of hydrogen-bond acceptors (Lipinski definition) is 11. The zero-order chi connectivity index (χ0) is 58.5. The molecule has 2 unspecified atom stereocenters. The zero-order valence-electron chi connectivity index (χ0n) is 50.5. The number of rotatable bonds is 16. The molecule has 4 fully saturated rings. The summed E-state index contributed by atoms with van der Waals surface area (Å²) in [5.41, 5.74) is 4.11. The fourth-order valence-electron chi connectivity index (χ4n) is 14.7. The molecule has 4 saturated heterocycles. The monoisotopic (exact) mass is 1150 g/mol. The van der Waals surface area contributed by atoms with E-state index in [4.69, 9.17) is 38.3 Å². The third kappa shape index (κ3) is 10.9. The first-order valence-electron chi connectivity index (χ1n) is 29.7. The number of carbonyl (C=O) groups excluding carboxylic acids is 1. The molecule has 4 aliphatic rings. The van der Waals surface area contributed by atoms with Gasteiger partial charge in [-0.3, -0.25) is 14.8 Å². The Morgan fingerprint density at radius 2 is 1.46 bits per heavy atom. The van der Waals surface area contributed by atoms with Crippen molar-refractivity contribution in [3.63, 3.8) is 0 Å². The molecule has 0 radical (unpaired) electrons. The van der Waals surface area contributed by atoms with Gasteiger partial charge in [0.2, 0.25) is 0 Å². The van der Waals surface area contributed by atoms with Gasteiger partial charge >= 0.3 is 12.1 Å². The predicted molar refractivity (Wildman–Crippen MR) is 328 cm³/mol. The molecule has 6 aromatic rings. The molecule has 436 valence electrons. The highest BCUT2D eigenvalue weighted by Gasteiger charge is 2.54. The molecule has 1 amide bonds. The molecule has 12 nitrogen and oxygen atoms in total. The largest absolute Gasteiger partial charge is 0.468 e. The maximum absolute atomic E-state index is 18.4. The van der Waals surface area contributed by atoms with E-state index >= 15 is 8.78 Å². The van der Waals surface area contributed by atoms with Gasteiger partial charge in [0.15, 0.2) is 12.6 Å². The van der Waals surface area contributed by atoms with Crippen LogP contribution in [0.2, 0.25) is 21.7 Å². The van der Waals surface area contributed by atoms with Crippen LogP contribution >= 0.6 is 0 Å². The van der Waals surface area contributed by atoms with E-state index in [1.165, 1.54) is 23.5 Å². The lowest BCUT2D eigenvalue weighted by Gasteiger charge is -2.44. The Kier molecular flexibility index (Phi) is 16.8. The van der Waals surface area contributed by atoms with Crippen molar-refractivity contribution in [1.29, 1.82) is 0 Å². The summed E-state index contributed by atoms with van der Waals surface area (Å²) in [5.74, 6) is 3.04. The molecular formula is C66H84F2N6O6Si2. The quantitative estimate of drug-likeness (QED) is 0.0525. The summed E-state index contributed by atoms with van der Waals surface area (Å²) < 4.78 is 66.8. The molecule has 0 aliphatic carbocycles. The highest BCUT2D eigenvalue weighted by atomic mass is 28.4. The SMILES string of the molecule is COCOc1cc(-c2ncc3c(N4CC5CCC(C4)N5C(=O)OC(C)(C)C)nc(OC[C@]45CCCN4[C@H](CO[Si](c4ccccc4)(c4ccccc4)C(C)(C)C)CC5)nc3c2F)c2c(C#C[Si](C(C)C)(C(C)C)C(C)C)c(F)ccc2c1. The number of halogens is 2. The number of pyridine rings is 1. The minimum absolute atomic E-state index is 0.0157. The van der Waals surface area contributed by atoms with Crippen LogP contribution in [0.1, 0.15) is 127 Å². The summed E-state index contributed by atoms with van der Waals surface area (Å²) in [6.45, 7) is 28.5. The van der Waals surface area contributed by atoms with Crippen LogP contribution in [0.25, 0.3) is 32.9 Å². The molecule has 0 N–H and O–H groups in total. The Morgan fingerprint density at radius 3 is 2.06 bits per heavy atom. The number of nitrogens with zero attached hydrogens (tertiary/aromatic N) is 6. The number of amides is 1. The van der Waals surface area contributed by atoms with Crippen LogP contribution in [-0.2, 0) is 13.9 Å². The van der Waals surface area contributed by atoms with E-state index in [2.05, 4.69) is 144 Å². The highest BCUT2D eigenvalue weighted by Crippen LogP contribution is 2.47. The minimum atomic E-state index is -2.81. The maximum Gasteiger partial charge on any atom is 0.410 e. The van der Waals surface area contributed by atoms with Gasteiger partial charge < -0.3 is 28.3 Å². The van der Waals surface area contributed by atoms with Gasteiger partial charge in [-0.05, 0) is 121 Å². The van der Waals surface area contributed by atoms with Crippen molar-refractivity contribution >= 4 is 60.4 Å². The highest BCUT2D eigenvalue weighted by molar-refractivity contribution is 6.99. The third-order valence-electron chi connectivity index (χ3n) is 18.4. The first kappa shape index (κ1) is 59.2. The number of fused-ring (bicyclic) bond motifs is 5. The Labute approximate surface area is 486 Å². The molecule has 82 heavy (non-hydrogen) atoms. The van der Waals surface area contributed by atoms with Crippen LogP contribution in [0.15, 0.2) is 91.1 Å². The Hall–Kier alpha value is -5.97. The van der Waals surface area contributed by atoms with Gasteiger partial charge in [0.1, 0.15) is 48.9 Å².